The van der Waals surface area contributed by atoms with Gasteiger partial charge in [0.25, 0.3) is 5.91 Å². The van der Waals surface area contributed by atoms with Crippen LogP contribution in [0.4, 0.5) is 8.78 Å². The van der Waals surface area contributed by atoms with E-state index < -0.39 is 17.4 Å². The first kappa shape index (κ1) is 22.7. The highest BCUT2D eigenvalue weighted by molar-refractivity contribution is 5.92. The zero-order chi connectivity index (χ0) is 22.4. The molecule has 0 radical (unpaired) electrons. The van der Waals surface area contributed by atoms with Gasteiger partial charge in [-0.05, 0) is 25.0 Å². The van der Waals surface area contributed by atoms with Crippen molar-refractivity contribution in [2.24, 2.45) is 0 Å². The Morgan fingerprint density at radius 3 is 2.50 bits per heavy atom. The van der Waals surface area contributed by atoms with Gasteiger partial charge in [-0.1, -0.05) is 36.9 Å². The van der Waals surface area contributed by atoms with Crippen molar-refractivity contribution in [2.75, 3.05) is 32.8 Å². The number of rotatable bonds is 7. The summed E-state index contributed by atoms with van der Waals surface area (Å²) in [7, 11) is 0. The molecule has 32 heavy (non-hydrogen) atoms. The van der Waals surface area contributed by atoms with Crippen LogP contribution in [0.5, 0.6) is 5.75 Å². The van der Waals surface area contributed by atoms with Crippen LogP contribution < -0.4 is 10.1 Å². The Labute approximate surface area is 186 Å². The third-order valence-corrected chi connectivity index (χ3v) is 6.36. The van der Waals surface area contributed by atoms with Gasteiger partial charge in [-0.15, -0.1) is 0 Å². The van der Waals surface area contributed by atoms with Crippen LogP contribution in [0.2, 0.25) is 0 Å². The maximum Gasteiger partial charge on any atom is 0.273 e. The second kappa shape index (κ2) is 10.4. The standard InChI is InChI=1S/C23H29F2N3O4/c24-18-6-5-7-19(25)21(18)31-15-17-14-20(27-32-17)22(29)26-16-23(8-3-1-2-4-9-23)28-10-12-30-13-11-28/h5-7,14H,1-4,8-13,15-16H2,(H,26,29). The van der Waals surface area contributed by atoms with Gasteiger partial charge in [0, 0.05) is 31.2 Å². The summed E-state index contributed by atoms with van der Waals surface area (Å²) in [5.41, 5.74) is 0.0388. The second-order valence-corrected chi connectivity index (χ2v) is 8.44. The average molecular weight is 449 g/mol. The summed E-state index contributed by atoms with van der Waals surface area (Å²) in [6.07, 6.45) is 6.81. The second-order valence-electron chi connectivity index (χ2n) is 8.44. The SMILES string of the molecule is O=C(NCC1(N2CCOCC2)CCCCCC1)c1cc(COc2c(F)cccc2F)on1. The van der Waals surface area contributed by atoms with E-state index in [9.17, 15) is 13.6 Å². The fourth-order valence-corrected chi connectivity index (χ4v) is 4.62. The number of carbonyl (C=O) groups excluding carboxylic acids is 1. The number of carbonyl (C=O) groups is 1. The van der Waals surface area contributed by atoms with Crippen molar-refractivity contribution in [2.45, 2.75) is 50.7 Å². The van der Waals surface area contributed by atoms with Crippen molar-refractivity contribution in [1.29, 1.82) is 0 Å². The van der Waals surface area contributed by atoms with Gasteiger partial charge < -0.3 is 19.3 Å². The molecule has 7 nitrogen and oxygen atoms in total. The van der Waals surface area contributed by atoms with Crippen LogP contribution in [-0.2, 0) is 11.3 Å². The van der Waals surface area contributed by atoms with Crippen molar-refractivity contribution in [1.82, 2.24) is 15.4 Å². The number of amides is 1. The molecule has 1 N–H and O–H groups in total. The number of hydrogen-bond donors (Lipinski definition) is 1. The van der Waals surface area contributed by atoms with Gasteiger partial charge in [0.05, 0.1) is 13.2 Å². The predicted molar refractivity (Wildman–Crippen MR) is 112 cm³/mol. The van der Waals surface area contributed by atoms with Crippen LogP contribution in [0.25, 0.3) is 0 Å². The molecule has 2 aromatic rings. The number of nitrogens with zero attached hydrogens (tertiary/aromatic N) is 2. The molecule has 174 valence electrons. The lowest BCUT2D eigenvalue weighted by atomic mass is 9.87. The number of ether oxygens (including phenoxy) is 2. The normalized spacial score (nSPS) is 19.3. The van der Waals surface area contributed by atoms with Crippen molar-refractivity contribution in [3.63, 3.8) is 0 Å². The number of para-hydroxylation sites is 1. The van der Waals surface area contributed by atoms with E-state index in [0.29, 0.717) is 19.8 Å². The molecule has 1 aliphatic heterocycles. The maximum atomic E-state index is 13.7. The van der Waals surface area contributed by atoms with Crippen LogP contribution in [0.15, 0.2) is 28.8 Å². The lowest BCUT2D eigenvalue weighted by Gasteiger charge is -2.45. The third kappa shape index (κ3) is 5.27. The molecular formula is C23H29F2N3O4. The zero-order valence-electron chi connectivity index (χ0n) is 18.1. The van der Waals surface area contributed by atoms with E-state index in [1.807, 2.05) is 0 Å². The summed E-state index contributed by atoms with van der Waals surface area (Å²) < 4.78 is 43.2. The van der Waals surface area contributed by atoms with E-state index >= 15 is 0 Å². The number of morpholine rings is 1. The fourth-order valence-electron chi connectivity index (χ4n) is 4.62. The molecular weight excluding hydrogens is 420 g/mol. The van der Waals surface area contributed by atoms with Crippen LogP contribution in [0.3, 0.4) is 0 Å². The molecule has 1 aromatic carbocycles. The van der Waals surface area contributed by atoms with Crippen molar-refractivity contribution < 1.29 is 27.6 Å². The number of nitrogens with one attached hydrogen (secondary N) is 1. The number of benzene rings is 1. The maximum absolute atomic E-state index is 13.7. The molecule has 1 amide bonds. The summed E-state index contributed by atoms with van der Waals surface area (Å²) in [6.45, 7) is 3.46. The topological polar surface area (TPSA) is 76.8 Å². The summed E-state index contributed by atoms with van der Waals surface area (Å²) in [5, 5.41) is 6.84. The molecule has 0 spiro atoms. The molecule has 0 bridgehead atoms. The lowest BCUT2D eigenvalue weighted by molar-refractivity contribution is -0.0281. The van der Waals surface area contributed by atoms with E-state index in [-0.39, 0.29) is 29.5 Å². The first-order valence-electron chi connectivity index (χ1n) is 11.2. The smallest absolute Gasteiger partial charge is 0.273 e. The molecule has 2 heterocycles. The van der Waals surface area contributed by atoms with Crippen LogP contribution >= 0.6 is 0 Å². The Bertz CT molecular complexity index is 886. The lowest BCUT2D eigenvalue weighted by Crippen LogP contribution is -2.58. The Morgan fingerprint density at radius 2 is 1.81 bits per heavy atom. The molecule has 0 atom stereocenters. The highest BCUT2D eigenvalue weighted by atomic mass is 19.1. The Hall–Kier alpha value is -2.52. The summed E-state index contributed by atoms with van der Waals surface area (Å²) in [5.74, 6) is -2.24. The van der Waals surface area contributed by atoms with Crippen LogP contribution in [-0.4, -0.2) is 54.4 Å². The predicted octanol–water partition coefficient (Wildman–Crippen LogP) is 3.69. The third-order valence-electron chi connectivity index (χ3n) is 6.36. The van der Waals surface area contributed by atoms with Crippen molar-refractivity contribution in [3.05, 3.63) is 47.4 Å². The molecule has 1 saturated heterocycles. The molecule has 2 aliphatic rings. The monoisotopic (exact) mass is 449 g/mol. The average Bonchev–Trinajstić information content (AvgIpc) is 3.15. The minimum absolute atomic E-state index is 0.0754. The summed E-state index contributed by atoms with van der Waals surface area (Å²) in [4.78, 5) is 15.2. The first-order valence-corrected chi connectivity index (χ1v) is 11.2. The van der Waals surface area contributed by atoms with Gasteiger partial charge in [-0.2, -0.15) is 0 Å². The van der Waals surface area contributed by atoms with E-state index in [0.717, 1.165) is 50.9 Å². The van der Waals surface area contributed by atoms with E-state index in [1.54, 1.807) is 0 Å². The largest absolute Gasteiger partial charge is 0.479 e. The molecule has 2 fully saturated rings. The molecule has 1 aliphatic carbocycles. The summed E-state index contributed by atoms with van der Waals surface area (Å²) >= 11 is 0. The Kier molecular flexibility index (Phi) is 7.36. The number of halogens is 2. The minimum Gasteiger partial charge on any atom is -0.479 e. The van der Waals surface area contributed by atoms with Gasteiger partial charge >= 0.3 is 0 Å². The quantitative estimate of drug-likeness (QED) is 0.650. The van der Waals surface area contributed by atoms with Gasteiger partial charge in [0.1, 0.15) is 6.61 Å². The van der Waals surface area contributed by atoms with Gasteiger partial charge in [-0.25, -0.2) is 8.78 Å². The molecule has 4 rings (SSSR count). The molecule has 1 saturated carbocycles. The van der Waals surface area contributed by atoms with Gasteiger partial charge in [0.15, 0.2) is 28.8 Å². The Morgan fingerprint density at radius 1 is 1.12 bits per heavy atom. The molecule has 1 aromatic heterocycles. The zero-order valence-corrected chi connectivity index (χ0v) is 18.1. The van der Waals surface area contributed by atoms with Crippen molar-refractivity contribution >= 4 is 5.91 Å². The fraction of sp³-hybridized carbons (Fsp3) is 0.565. The highest BCUT2D eigenvalue weighted by Crippen LogP contribution is 2.33. The van der Waals surface area contributed by atoms with E-state index in [1.165, 1.54) is 25.0 Å². The van der Waals surface area contributed by atoms with Gasteiger partial charge in [-0.3, -0.25) is 9.69 Å². The van der Waals surface area contributed by atoms with Gasteiger partial charge in [0.2, 0.25) is 0 Å². The van der Waals surface area contributed by atoms with Crippen molar-refractivity contribution in [3.8, 4) is 5.75 Å². The van der Waals surface area contributed by atoms with Crippen LogP contribution in [0.1, 0.15) is 54.8 Å². The number of aromatic nitrogens is 1. The molecule has 0 unspecified atom stereocenters. The van der Waals surface area contributed by atoms with Crippen LogP contribution in [0, 0.1) is 11.6 Å². The first-order chi connectivity index (χ1) is 15.6. The Balaban J connectivity index is 1.37. The highest BCUT2D eigenvalue weighted by Gasteiger charge is 2.38. The minimum atomic E-state index is -0.806. The number of hydrogen-bond acceptors (Lipinski definition) is 6. The van der Waals surface area contributed by atoms with E-state index in [4.69, 9.17) is 14.0 Å². The van der Waals surface area contributed by atoms with E-state index in [2.05, 4.69) is 15.4 Å². The molecule has 9 heteroatoms. The summed E-state index contributed by atoms with van der Waals surface area (Å²) in [6, 6.07) is 4.90.